The van der Waals surface area contributed by atoms with E-state index in [0.29, 0.717) is 26.4 Å². The first-order valence-corrected chi connectivity index (χ1v) is 7.14. The van der Waals surface area contributed by atoms with E-state index in [9.17, 15) is 5.11 Å². The van der Waals surface area contributed by atoms with Gasteiger partial charge in [-0.25, -0.2) is 0 Å². The fourth-order valence-electron chi connectivity index (χ4n) is 1.70. The molecule has 0 aliphatic carbocycles. The monoisotopic (exact) mass is 285 g/mol. The Labute approximate surface area is 121 Å². The molecule has 1 rings (SSSR count). The van der Waals surface area contributed by atoms with Gasteiger partial charge in [0.2, 0.25) is 0 Å². The lowest BCUT2D eigenvalue weighted by molar-refractivity contribution is -0.00989. The Balaban J connectivity index is 1.93. The number of hydrogen-bond acceptors (Lipinski definition) is 5. The minimum absolute atomic E-state index is 0.219. The molecule has 0 saturated carbocycles. The molecule has 6 nitrogen and oxygen atoms in total. The van der Waals surface area contributed by atoms with Crippen LogP contribution in [0.25, 0.3) is 0 Å². The average Bonchev–Trinajstić information content (AvgIpc) is 2.80. The Bertz CT molecular complexity index is 355. The van der Waals surface area contributed by atoms with Crippen molar-refractivity contribution in [1.29, 1.82) is 0 Å². The number of aryl methyl sites for hydroxylation is 1. The molecule has 1 atom stereocenters. The number of ether oxygens (including phenoxy) is 2. The van der Waals surface area contributed by atoms with Crippen molar-refractivity contribution >= 4 is 0 Å². The Morgan fingerprint density at radius 3 is 2.85 bits per heavy atom. The van der Waals surface area contributed by atoms with Gasteiger partial charge in [0.05, 0.1) is 37.7 Å². The van der Waals surface area contributed by atoms with Crippen LogP contribution in [0.4, 0.5) is 0 Å². The first kappa shape index (κ1) is 17.1. The molecule has 0 saturated heterocycles. The second-order valence-electron chi connectivity index (χ2n) is 5.08. The van der Waals surface area contributed by atoms with Crippen LogP contribution in [0, 0.1) is 0 Å². The molecule has 116 valence electrons. The highest BCUT2D eigenvalue weighted by atomic mass is 16.5. The van der Waals surface area contributed by atoms with Crippen molar-refractivity contribution in [3.8, 4) is 0 Å². The highest BCUT2D eigenvalue weighted by Gasteiger charge is 2.04. The fraction of sp³-hybridized carbons (Fsp3) is 0.786. The normalized spacial score (nSPS) is 13.1. The van der Waals surface area contributed by atoms with Crippen LogP contribution in [0.1, 0.15) is 19.5 Å². The molecule has 0 amide bonds. The Kier molecular flexibility index (Phi) is 8.45. The zero-order valence-electron chi connectivity index (χ0n) is 12.7. The standard InChI is InChI=1S/C14H27N3O3/c1-12(2)20-9-8-19-11-14(18)10-15-6-4-13-5-7-17(3)16-13/h5,7,12,14-15,18H,4,6,8-11H2,1-3H3. The molecule has 0 aromatic carbocycles. The molecule has 2 N–H and O–H groups in total. The Hall–Kier alpha value is -0.950. The predicted molar refractivity (Wildman–Crippen MR) is 77.7 cm³/mol. The van der Waals surface area contributed by atoms with Crippen LogP contribution in [0.2, 0.25) is 0 Å². The summed E-state index contributed by atoms with van der Waals surface area (Å²) in [4.78, 5) is 0. The summed E-state index contributed by atoms with van der Waals surface area (Å²) in [5.74, 6) is 0. The molecule has 1 aromatic rings. The number of aromatic nitrogens is 2. The van der Waals surface area contributed by atoms with Crippen LogP contribution in [0.15, 0.2) is 12.3 Å². The number of aliphatic hydroxyl groups is 1. The van der Waals surface area contributed by atoms with Crippen LogP contribution in [-0.4, -0.2) is 60.0 Å². The largest absolute Gasteiger partial charge is 0.389 e. The van der Waals surface area contributed by atoms with Crippen LogP contribution >= 0.6 is 0 Å². The lowest BCUT2D eigenvalue weighted by Crippen LogP contribution is -2.32. The average molecular weight is 285 g/mol. The van der Waals surface area contributed by atoms with E-state index in [1.165, 1.54) is 0 Å². The van der Waals surface area contributed by atoms with Gasteiger partial charge in [-0.2, -0.15) is 5.10 Å². The zero-order chi connectivity index (χ0) is 14.8. The molecule has 0 bridgehead atoms. The summed E-state index contributed by atoms with van der Waals surface area (Å²) >= 11 is 0. The number of nitrogens with one attached hydrogen (secondary N) is 1. The lowest BCUT2D eigenvalue weighted by atomic mass is 10.3. The van der Waals surface area contributed by atoms with Crippen molar-refractivity contribution in [3.05, 3.63) is 18.0 Å². The van der Waals surface area contributed by atoms with E-state index in [4.69, 9.17) is 9.47 Å². The number of nitrogens with zero attached hydrogens (tertiary/aromatic N) is 2. The molecule has 0 aliphatic heterocycles. The molecule has 0 radical (unpaired) electrons. The Morgan fingerprint density at radius 1 is 1.40 bits per heavy atom. The van der Waals surface area contributed by atoms with Crippen molar-refractivity contribution < 1.29 is 14.6 Å². The van der Waals surface area contributed by atoms with Crippen molar-refractivity contribution in [3.63, 3.8) is 0 Å². The molecule has 0 fully saturated rings. The number of aliphatic hydroxyl groups excluding tert-OH is 1. The second kappa shape index (κ2) is 9.88. The molecular formula is C14H27N3O3. The van der Waals surface area contributed by atoms with Crippen LogP contribution in [0.5, 0.6) is 0 Å². The van der Waals surface area contributed by atoms with Gasteiger partial charge in [-0.15, -0.1) is 0 Å². The topological polar surface area (TPSA) is 68.5 Å². The Morgan fingerprint density at radius 2 is 2.20 bits per heavy atom. The SMILES string of the molecule is CC(C)OCCOCC(O)CNCCc1ccn(C)n1. The zero-order valence-corrected chi connectivity index (χ0v) is 12.7. The quantitative estimate of drug-likeness (QED) is 0.574. The van der Waals surface area contributed by atoms with Crippen molar-refractivity contribution in [1.82, 2.24) is 15.1 Å². The van der Waals surface area contributed by atoms with E-state index in [1.807, 2.05) is 33.2 Å². The lowest BCUT2D eigenvalue weighted by Gasteiger charge is -2.13. The maximum Gasteiger partial charge on any atom is 0.0897 e. The summed E-state index contributed by atoms with van der Waals surface area (Å²) in [7, 11) is 1.90. The van der Waals surface area contributed by atoms with E-state index < -0.39 is 6.10 Å². The molecule has 1 aromatic heterocycles. The summed E-state index contributed by atoms with van der Waals surface area (Å²) in [6.07, 6.45) is 2.52. The minimum Gasteiger partial charge on any atom is -0.389 e. The summed E-state index contributed by atoms with van der Waals surface area (Å²) in [5, 5.41) is 17.2. The van der Waals surface area contributed by atoms with Gasteiger partial charge in [0.1, 0.15) is 0 Å². The second-order valence-corrected chi connectivity index (χ2v) is 5.08. The van der Waals surface area contributed by atoms with E-state index in [0.717, 1.165) is 18.7 Å². The van der Waals surface area contributed by atoms with Crippen LogP contribution in [0.3, 0.4) is 0 Å². The van der Waals surface area contributed by atoms with Crippen molar-refractivity contribution in [2.24, 2.45) is 7.05 Å². The number of hydrogen-bond donors (Lipinski definition) is 2. The summed E-state index contributed by atoms with van der Waals surface area (Å²) in [5.41, 5.74) is 1.05. The summed E-state index contributed by atoms with van der Waals surface area (Å²) in [6.45, 7) is 6.71. The minimum atomic E-state index is -0.488. The predicted octanol–water partition coefficient (Wildman–Crippen LogP) is 0.355. The third kappa shape index (κ3) is 8.27. The molecule has 0 spiro atoms. The third-order valence-corrected chi connectivity index (χ3v) is 2.70. The molecule has 1 unspecified atom stereocenters. The van der Waals surface area contributed by atoms with Gasteiger partial charge >= 0.3 is 0 Å². The van der Waals surface area contributed by atoms with Gasteiger partial charge in [-0.05, 0) is 19.9 Å². The fourth-order valence-corrected chi connectivity index (χ4v) is 1.70. The van der Waals surface area contributed by atoms with Crippen LogP contribution < -0.4 is 5.32 Å². The molecule has 1 heterocycles. The highest BCUT2D eigenvalue weighted by molar-refractivity contribution is 4.98. The van der Waals surface area contributed by atoms with Crippen molar-refractivity contribution in [2.45, 2.75) is 32.5 Å². The molecule has 0 aliphatic rings. The summed E-state index contributed by atoms with van der Waals surface area (Å²) in [6, 6.07) is 2.00. The van der Waals surface area contributed by atoms with E-state index in [-0.39, 0.29) is 6.10 Å². The summed E-state index contributed by atoms with van der Waals surface area (Å²) < 4.78 is 12.5. The molecule has 6 heteroatoms. The molecule has 20 heavy (non-hydrogen) atoms. The van der Waals surface area contributed by atoms with Gasteiger partial charge in [-0.3, -0.25) is 4.68 Å². The third-order valence-electron chi connectivity index (χ3n) is 2.70. The van der Waals surface area contributed by atoms with E-state index in [1.54, 1.807) is 4.68 Å². The first-order valence-electron chi connectivity index (χ1n) is 7.14. The van der Waals surface area contributed by atoms with Crippen molar-refractivity contribution in [2.75, 3.05) is 32.9 Å². The van der Waals surface area contributed by atoms with Gasteiger partial charge in [0.15, 0.2) is 0 Å². The maximum atomic E-state index is 9.71. The van der Waals surface area contributed by atoms with E-state index >= 15 is 0 Å². The first-order chi connectivity index (χ1) is 9.58. The van der Waals surface area contributed by atoms with Crippen LogP contribution in [-0.2, 0) is 22.9 Å². The highest BCUT2D eigenvalue weighted by Crippen LogP contribution is 1.94. The smallest absolute Gasteiger partial charge is 0.0897 e. The van der Waals surface area contributed by atoms with Gasteiger partial charge in [0, 0.05) is 32.8 Å². The molecular weight excluding hydrogens is 258 g/mol. The maximum absolute atomic E-state index is 9.71. The van der Waals surface area contributed by atoms with E-state index in [2.05, 4.69) is 10.4 Å². The number of rotatable bonds is 11. The van der Waals surface area contributed by atoms with Gasteiger partial charge in [0.25, 0.3) is 0 Å². The van der Waals surface area contributed by atoms with Gasteiger partial charge < -0.3 is 19.9 Å². The van der Waals surface area contributed by atoms with Gasteiger partial charge in [-0.1, -0.05) is 0 Å².